The van der Waals surface area contributed by atoms with E-state index in [0.29, 0.717) is 11.8 Å². The van der Waals surface area contributed by atoms with E-state index in [4.69, 9.17) is 0 Å². The van der Waals surface area contributed by atoms with Crippen molar-refractivity contribution in [1.29, 1.82) is 0 Å². The standard InChI is InChI=1S/C19H24/c1-5-16-7-6-8-19(13-16)18-11-9-17(10-12-18)15(4)14(2)3/h6-15H,5H2,1-4H3/t15-/m1/s1. The van der Waals surface area contributed by atoms with Crippen molar-refractivity contribution in [3.63, 3.8) is 0 Å². The van der Waals surface area contributed by atoms with E-state index in [-0.39, 0.29) is 0 Å². The molecule has 2 rings (SSSR count). The van der Waals surface area contributed by atoms with Crippen molar-refractivity contribution in [2.24, 2.45) is 5.92 Å². The normalized spacial score (nSPS) is 12.7. The fourth-order valence-corrected chi connectivity index (χ4v) is 2.33. The maximum atomic E-state index is 2.30. The maximum Gasteiger partial charge on any atom is -0.0167 e. The first-order valence-electron chi connectivity index (χ1n) is 7.31. The molecule has 0 aliphatic carbocycles. The van der Waals surface area contributed by atoms with Gasteiger partial charge in [-0.25, -0.2) is 0 Å². The van der Waals surface area contributed by atoms with Crippen LogP contribution in [-0.4, -0.2) is 0 Å². The van der Waals surface area contributed by atoms with Crippen molar-refractivity contribution in [3.05, 3.63) is 59.7 Å². The Morgan fingerprint density at radius 1 is 0.842 bits per heavy atom. The van der Waals surface area contributed by atoms with E-state index in [1.54, 1.807) is 0 Å². The first kappa shape index (κ1) is 13.9. The Labute approximate surface area is 117 Å². The van der Waals surface area contributed by atoms with E-state index in [1.165, 1.54) is 22.3 Å². The molecule has 0 bridgehead atoms. The Balaban J connectivity index is 2.27. The second-order valence-corrected chi connectivity index (χ2v) is 5.71. The molecule has 0 radical (unpaired) electrons. The van der Waals surface area contributed by atoms with Crippen molar-refractivity contribution in [3.8, 4) is 11.1 Å². The Morgan fingerprint density at radius 3 is 2.11 bits per heavy atom. The molecule has 0 N–H and O–H groups in total. The topological polar surface area (TPSA) is 0 Å². The molecule has 1 atom stereocenters. The summed E-state index contributed by atoms with van der Waals surface area (Å²) in [6.07, 6.45) is 1.09. The number of benzene rings is 2. The molecule has 2 aromatic carbocycles. The first-order valence-corrected chi connectivity index (χ1v) is 7.31. The average Bonchev–Trinajstić information content (AvgIpc) is 2.46. The summed E-state index contributed by atoms with van der Waals surface area (Å²) >= 11 is 0. The largest absolute Gasteiger partial charge is 0.0622 e. The lowest BCUT2D eigenvalue weighted by Gasteiger charge is -2.16. The van der Waals surface area contributed by atoms with Gasteiger partial charge >= 0.3 is 0 Å². The van der Waals surface area contributed by atoms with Gasteiger partial charge in [0.05, 0.1) is 0 Å². The fraction of sp³-hybridized carbons (Fsp3) is 0.368. The highest BCUT2D eigenvalue weighted by molar-refractivity contribution is 5.64. The lowest BCUT2D eigenvalue weighted by atomic mass is 9.89. The van der Waals surface area contributed by atoms with Crippen LogP contribution < -0.4 is 0 Å². The zero-order chi connectivity index (χ0) is 13.8. The van der Waals surface area contributed by atoms with Gasteiger partial charge in [-0.05, 0) is 40.5 Å². The third kappa shape index (κ3) is 3.26. The third-order valence-electron chi connectivity index (χ3n) is 4.11. The molecule has 0 aromatic heterocycles. The maximum absolute atomic E-state index is 2.30. The van der Waals surface area contributed by atoms with Crippen molar-refractivity contribution in [1.82, 2.24) is 0 Å². The molecule has 0 saturated carbocycles. The van der Waals surface area contributed by atoms with Crippen molar-refractivity contribution in [2.75, 3.05) is 0 Å². The minimum absolute atomic E-state index is 0.621. The molecular weight excluding hydrogens is 228 g/mol. The second-order valence-electron chi connectivity index (χ2n) is 5.71. The number of hydrogen-bond acceptors (Lipinski definition) is 0. The minimum Gasteiger partial charge on any atom is -0.0622 e. The first-order chi connectivity index (χ1) is 9.11. The molecule has 2 aromatic rings. The molecule has 0 saturated heterocycles. The molecule has 0 aliphatic rings. The number of hydrogen-bond donors (Lipinski definition) is 0. The van der Waals surface area contributed by atoms with Gasteiger partial charge in [0, 0.05) is 0 Å². The number of aryl methyl sites for hydroxylation is 1. The molecule has 0 fully saturated rings. The van der Waals surface area contributed by atoms with Crippen molar-refractivity contribution in [2.45, 2.75) is 40.0 Å². The average molecular weight is 252 g/mol. The summed E-state index contributed by atoms with van der Waals surface area (Å²) in [5.74, 6) is 1.31. The Bertz CT molecular complexity index is 520. The fourth-order valence-electron chi connectivity index (χ4n) is 2.33. The summed E-state index contributed by atoms with van der Waals surface area (Å²) in [5, 5.41) is 0. The minimum atomic E-state index is 0.621. The predicted molar refractivity (Wildman–Crippen MR) is 84.5 cm³/mol. The van der Waals surface area contributed by atoms with E-state index in [0.717, 1.165) is 6.42 Å². The van der Waals surface area contributed by atoms with E-state index in [2.05, 4.69) is 76.2 Å². The Kier molecular flexibility index (Phi) is 4.42. The highest BCUT2D eigenvalue weighted by Gasteiger charge is 2.09. The van der Waals surface area contributed by atoms with E-state index >= 15 is 0 Å². The van der Waals surface area contributed by atoms with Crippen molar-refractivity contribution >= 4 is 0 Å². The van der Waals surface area contributed by atoms with Gasteiger partial charge in [0.2, 0.25) is 0 Å². The van der Waals surface area contributed by atoms with Crippen LogP contribution >= 0.6 is 0 Å². The van der Waals surface area contributed by atoms with Gasteiger partial charge < -0.3 is 0 Å². The van der Waals surface area contributed by atoms with Gasteiger partial charge in [-0.3, -0.25) is 0 Å². The van der Waals surface area contributed by atoms with Gasteiger partial charge in [-0.2, -0.15) is 0 Å². The summed E-state index contributed by atoms with van der Waals surface area (Å²) in [7, 11) is 0. The van der Waals surface area contributed by atoms with Crippen LogP contribution in [0.15, 0.2) is 48.5 Å². The number of rotatable bonds is 4. The van der Waals surface area contributed by atoms with Crippen molar-refractivity contribution < 1.29 is 0 Å². The zero-order valence-corrected chi connectivity index (χ0v) is 12.5. The molecule has 0 heterocycles. The predicted octanol–water partition coefficient (Wildman–Crippen LogP) is 5.68. The van der Waals surface area contributed by atoms with E-state index in [9.17, 15) is 0 Å². The molecule has 100 valence electrons. The second kappa shape index (κ2) is 6.06. The van der Waals surface area contributed by atoms with Crippen LogP contribution in [0.2, 0.25) is 0 Å². The third-order valence-corrected chi connectivity index (χ3v) is 4.11. The van der Waals surface area contributed by atoms with Crippen LogP contribution in [0.4, 0.5) is 0 Å². The van der Waals surface area contributed by atoms with Gasteiger partial charge in [0.15, 0.2) is 0 Å². The van der Waals surface area contributed by atoms with Crippen LogP contribution in [-0.2, 0) is 6.42 Å². The van der Waals surface area contributed by atoms with Gasteiger partial charge in [-0.15, -0.1) is 0 Å². The quantitative estimate of drug-likeness (QED) is 0.657. The van der Waals surface area contributed by atoms with Gasteiger partial charge in [0.1, 0.15) is 0 Å². The zero-order valence-electron chi connectivity index (χ0n) is 12.5. The summed E-state index contributed by atoms with van der Waals surface area (Å²) in [5.41, 5.74) is 5.47. The summed E-state index contributed by atoms with van der Waals surface area (Å²) in [4.78, 5) is 0. The molecule has 0 spiro atoms. The summed E-state index contributed by atoms with van der Waals surface area (Å²) in [6, 6.07) is 17.9. The molecule has 0 amide bonds. The molecule has 0 unspecified atom stereocenters. The lowest BCUT2D eigenvalue weighted by Crippen LogP contribution is -2.01. The van der Waals surface area contributed by atoms with Gasteiger partial charge in [0.25, 0.3) is 0 Å². The molecule has 19 heavy (non-hydrogen) atoms. The van der Waals surface area contributed by atoms with Crippen LogP contribution in [0.5, 0.6) is 0 Å². The van der Waals surface area contributed by atoms with E-state index < -0.39 is 0 Å². The Hall–Kier alpha value is -1.56. The molecule has 0 aliphatic heterocycles. The monoisotopic (exact) mass is 252 g/mol. The highest BCUT2D eigenvalue weighted by Crippen LogP contribution is 2.27. The SMILES string of the molecule is CCc1cccc(-c2ccc([C@H](C)C(C)C)cc2)c1. The van der Waals surface area contributed by atoms with E-state index in [1.807, 2.05) is 0 Å². The highest BCUT2D eigenvalue weighted by atomic mass is 14.1. The summed E-state index contributed by atoms with van der Waals surface area (Å²) < 4.78 is 0. The smallest absolute Gasteiger partial charge is 0.0167 e. The Morgan fingerprint density at radius 2 is 1.53 bits per heavy atom. The van der Waals surface area contributed by atoms with Crippen LogP contribution in [0.25, 0.3) is 11.1 Å². The molecular formula is C19H24. The van der Waals surface area contributed by atoms with Crippen LogP contribution in [0, 0.1) is 5.92 Å². The van der Waals surface area contributed by atoms with Gasteiger partial charge in [-0.1, -0.05) is 76.2 Å². The van der Waals surface area contributed by atoms with Crippen LogP contribution in [0.1, 0.15) is 44.7 Å². The summed E-state index contributed by atoms with van der Waals surface area (Å²) in [6.45, 7) is 9.07. The lowest BCUT2D eigenvalue weighted by molar-refractivity contribution is 0.535. The molecule has 0 nitrogen and oxygen atoms in total. The molecule has 0 heteroatoms. The van der Waals surface area contributed by atoms with Crippen LogP contribution in [0.3, 0.4) is 0 Å².